The lowest BCUT2D eigenvalue weighted by Gasteiger charge is -2.39. The van der Waals surface area contributed by atoms with Crippen molar-refractivity contribution in [2.45, 2.75) is 84.8 Å². The lowest BCUT2D eigenvalue weighted by Crippen LogP contribution is -2.45. The van der Waals surface area contributed by atoms with Crippen molar-refractivity contribution >= 4 is 11.7 Å². The van der Waals surface area contributed by atoms with Gasteiger partial charge in [0, 0.05) is 0 Å². The summed E-state index contributed by atoms with van der Waals surface area (Å²) in [5.74, 6) is 0.735. The van der Waals surface area contributed by atoms with Gasteiger partial charge in [0.05, 0.1) is 22.8 Å². The van der Waals surface area contributed by atoms with Gasteiger partial charge in [-0.15, -0.1) is 0 Å². The molecule has 1 unspecified atom stereocenters. The highest BCUT2D eigenvalue weighted by Gasteiger charge is 2.39. The van der Waals surface area contributed by atoms with Gasteiger partial charge in [-0.1, -0.05) is 73.5 Å². The first-order chi connectivity index (χ1) is 16.1. The van der Waals surface area contributed by atoms with Gasteiger partial charge >= 0.3 is 0 Å². The first-order valence-electron chi connectivity index (χ1n) is 12.4. The van der Waals surface area contributed by atoms with Crippen molar-refractivity contribution in [3.05, 3.63) is 82.0 Å². The molecule has 1 aromatic heterocycles. The quantitative estimate of drug-likeness (QED) is 0.441. The fraction of sp³-hybridized carbons (Fsp3) is 0.448. The van der Waals surface area contributed by atoms with Crippen LogP contribution in [0.1, 0.15) is 91.3 Å². The summed E-state index contributed by atoms with van der Waals surface area (Å²) >= 11 is 0. The van der Waals surface area contributed by atoms with Crippen LogP contribution in [0.15, 0.2) is 48.5 Å². The van der Waals surface area contributed by atoms with Crippen molar-refractivity contribution in [3.8, 4) is 0 Å². The number of carbonyl (C=O) groups is 1. The summed E-state index contributed by atoms with van der Waals surface area (Å²) in [6, 6.07) is 17.2. The molecular weight excluding hydrogens is 420 g/mol. The normalized spacial score (nSPS) is 17.1. The molecule has 0 spiro atoms. The minimum Gasteiger partial charge on any atom is -0.363 e. The summed E-state index contributed by atoms with van der Waals surface area (Å²) in [7, 11) is 0. The molecule has 5 nitrogen and oxygen atoms in total. The standard InChI is InChI=1S/C29H38N4O/c1-8-29(9-2,23-15-13-19(3)14-16-23)31-27(34)25-21(5)32-33-26(25)30-24(18-28(33,6)7)22-12-10-11-20(4)17-22/h10-17,24,30H,8-9,18H2,1-7H3,(H,31,34). The van der Waals surface area contributed by atoms with Crippen LogP contribution in [-0.4, -0.2) is 15.7 Å². The predicted molar refractivity (Wildman–Crippen MR) is 139 cm³/mol. The van der Waals surface area contributed by atoms with Crippen molar-refractivity contribution < 1.29 is 4.79 Å². The van der Waals surface area contributed by atoms with Gasteiger partial charge in [0.15, 0.2) is 0 Å². The summed E-state index contributed by atoms with van der Waals surface area (Å²) in [6.45, 7) is 14.8. The van der Waals surface area contributed by atoms with Crippen LogP contribution in [0.4, 0.5) is 5.82 Å². The second kappa shape index (κ2) is 8.94. The number of hydrogen-bond donors (Lipinski definition) is 2. The molecule has 2 aromatic carbocycles. The molecule has 1 aliphatic heterocycles. The third kappa shape index (κ3) is 4.24. The first kappa shape index (κ1) is 24.1. The molecule has 2 N–H and O–H groups in total. The average Bonchev–Trinajstić information content (AvgIpc) is 3.15. The van der Waals surface area contributed by atoms with Gasteiger partial charge in [0.25, 0.3) is 5.91 Å². The van der Waals surface area contributed by atoms with Crippen LogP contribution in [0.3, 0.4) is 0 Å². The fourth-order valence-corrected chi connectivity index (χ4v) is 5.32. The molecule has 2 heterocycles. The number of aromatic nitrogens is 2. The van der Waals surface area contributed by atoms with Crippen molar-refractivity contribution in [2.24, 2.45) is 0 Å². The minimum absolute atomic E-state index is 0.0729. The Kier molecular flexibility index (Phi) is 6.32. The number of anilines is 1. The van der Waals surface area contributed by atoms with Gasteiger partial charge in [-0.05, 0) is 65.0 Å². The van der Waals surface area contributed by atoms with Gasteiger partial charge in [-0.3, -0.25) is 4.79 Å². The Hall–Kier alpha value is -3.08. The number of rotatable bonds is 6. The molecule has 1 amide bonds. The minimum atomic E-state index is -0.424. The molecule has 0 bridgehead atoms. The molecular formula is C29H38N4O. The van der Waals surface area contributed by atoms with E-state index in [1.54, 1.807) is 0 Å². The third-order valence-electron chi connectivity index (χ3n) is 7.48. The molecule has 180 valence electrons. The van der Waals surface area contributed by atoms with E-state index in [0.717, 1.165) is 36.3 Å². The molecule has 3 aromatic rings. The summed E-state index contributed by atoms with van der Waals surface area (Å²) < 4.78 is 2.01. The van der Waals surface area contributed by atoms with Gasteiger partial charge < -0.3 is 10.6 Å². The molecule has 0 saturated carbocycles. The molecule has 0 radical (unpaired) electrons. The molecule has 0 fully saturated rings. The number of aryl methyl sites for hydroxylation is 3. The molecule has 0 aliphatic carbocycles. The SMILES string of the molecule is CCC(CC)(NC(=O)c1c(C)nn2c1NC(c1cccc(C)c1)CC2(C)C)c1ccc(C)cc1. The maximum atomic E-state index is 13.9. The van der Waals surface area contributed by atoms with E-state index in [1.807, 2.05) is 11.6 Å². The van der Waals surface area contributed by atoms with E-state index < -0.39 is 5.54 Å². The Morgan fingerprint density at radius 2 is 1.76 bits per heavy atom. The lowest BCUT2D eigenvalue weighted by atomic mass is 9.84. The van der Waals surface area contributed by atoms with Crippen LogP contribution in [0.25, 0.3) is 0 Å². The highest BCUT2D eigenvalue weighted by Crippen LogP contribution is 2.41. The van der Waals surface area contributed by atoms with E-state index in [0.29, 0.717) is 5.56 Å². The zero-order valence-electron chi connectivity index (χ0n) is 21.6. The number of benzene rings is 2. The smallest absolute Gasteiger partial charge is 0.257 e. The van der Waals surface area contributed by atoms with Gasteiger partial charge in [-0.25, -0.2) is 4.68 Å². The third-order valence-corrected chi connectivity index (χ3v) is 7.48. The number of carbonyl (C=O) groups excluding carboxylic acids is 1. The first-order valence-corrected chi connectivity index (χ1v) is 12.4. The number of amides is 1. The van der Waals surface area contributed by atoms with Crippen LogP contribution >= 0.6 is 0 Å². The van der Waals surface area contributed by atoms with E-state index in [-0.39, 0.29) is 17.5 Å². The van der Waals surface area contributed by atoms with Crippen LogP contribution in [0, 0.1) is 20.8 Å². The molecule has 34 heavy (non-hydrogen) atoms. The second-order valence-electron chi connectivity index (χ2n) is 10.5. The van der Waals surface area contributed by atoms with Gasteiger partial charge in [-0.2, -0.15) is 5.10 Å². The predicted octanol–water partition coefficient (Wildman–Crippen LogP) is 6.55. The monoisotopic (exact) mass is 458 g/mol. The van der Waals surface area contributed by atoms with E-state index in [4.69, 9.17) is 5.10 Å². The van der Waals surface area contributed by atoms with Crippen molar-refractivity contribution in [2.75, 3.05) is 5.32 Å². The highest BCUT2D eigenvalue weighted by atomic mass is 16.2. The molecule has 1 atom stereocenters. The molecule has 1 aliphatic rings. The molecule has 0 saturated heterocycles. The van der Waals surface area contributed by atoms with Crippen LogP contribution in [-0.2, 0) is 11.1 Å². The van der Waals surface area contributed by atoms with E-state index in [1.165, 1.54) is 16.7 Å². The number of nitrogens with zero attached hydrogens (tertiary/aromatic N) is 2. The Bertz CT molecular complexity index is 1190. The van der Waals surface area contributed by atoms with E-state index >= 15 is 0 Å². The second-order valence-corrected chi connectivity index (χ2v) is 10.5. The van der Waals surface area contributed by atoms with Crippen molar-refractivity contribution in [1.29, 1.82) is 0 Å². The zero-order chi connectivity index (χ0) is 24.7. The fourth-order valence-electron chi connectivity index (χ4n) is 5.32. The Balaban J connectivity index is 1.73. The summed E-state index contributed by atoms with van der Waals surface area (Å²) in [4.78, 5) is 13.9. The van der Waals surface area contributed by atoms with Crippen LogP contribution in [0.5, 0.6) is 0 Å². The van der Waals surface area contributed by atoms with Crippen molar-refractivity contribution in [1.82, 2.24) is 15.1 Å². The Labute approximate surface area is 204 Å². The Morgan fingerprint density at radius 1 is 1.09 bits per heavy atom. The van der Waals surface area contributed by atoms with Crippen LogP contribution in [0.2, 0.25) is 0 Å². The zero-order valence-corrected chi connectivity index (χ0v) is 21.6. The maximum Gasteiger partial charge on any atom is 0.257 e. The summed E-state index contributed by atoms with van der Waals surface area (Å²) in [6.07, 6.45) is 2.51. The van der Waals surface area contributed by atoms with Gasteiger partial charge in [0.1, 0.15) is 11.4 Å². The maximum absolute atomic E-state index is 13.9. The van der Waals surface area contributed by atoms with E-state index in [9.17, 15) is 4.79 Å². The highest BCUT2D eigenvalue weighted by molar-refractivity contribution is 6.00. The number of hydrogen-bond acceptors (Lipinski definition) is 3. The summed E-state index contributed by atoms with van der Waals surface area (Å²) in [5.41, 5.74) is 5.58. The van der Waals surface area contributed by atoms with Crippen LogP contribution < -0.4 is 10.6 Å². The molecule has 4 rings (SSSR count). The number of nitrogens with one attached hydrogen (secondary N) is 2. The Morgan fingerprint density at radius 3 is 2.38 bits per heavy atom. The lowest BCUT2D eigenvalue weighted by molar-refractivity contribution is 0.0889. The summed E-state index contributed by atoms with van der Waals surface area (Å²) in [5, 5.41) is 11.9. The topological polar surface area (TPSA) is 59.0 Å². The average molecular weight is 459 g/mol. The number of fused-ring (bicyclic) bond motifs is 1. The van der Waals surface area contributed by atoms with Gasteiger partial charge in [0.2, 0.25) is 0 Å². The largest absolute Gasteiger partial charge is 0.363 e. The molecule has 5 heteroatoms. The van der Waals surface area contributed by atoms with Crippen molar-refractivity contribution in [3.63, 3.8) is 0 Å². The van der Waals surface area contributed by atoms with E-state index in [2.05, 4.69) is 101 Å².